The van der Waals surface area contributed by atoms with E-state index in [1.807, 2.05) is 20.8 Å². The molecule has 0 aromatic rings. The van der Waals surface area contributed by atoms with Gasteiger partial charge in [-0.15, -0.1) is 0 Å². The van der Waals surface area contributed by atoms with Crippen LogP contribution in [0, 0.1) is 0 Å². The summed E-state index contributed by atoms with van der Waals surface area (Å²) in [6.07, 6.45) is 0. The van der Waals surface area contributed by atoms with Gasteiger partial charge in [-0.05, 0) is 27.4 Å². The molecule has 48 valence electrons. The molecule has 0 spiro atoms. The topological polar surface area (TPSA) is 35.2 Å². The lowest BCUT2D eigenvalue weighted by Gasteiger charge is -2.19. The molecule has 0 aromatic carbocycles. The summed E-state index contributed by atoms with van der Waals surface area (Å²) in [5.74, 6) is 0.275. The lowest BCUT2D eigenvalue weighted by Crippen LogP contribution is -2.21. The Labute approximate surface area is 50.3 Å². The second kappa shape index (κ2) is 2.07. The molecular formula is C6H13NO. The monoisotopic (exact) mass is 115 g/mol. The third kappa shape index (κ3) is 5.34. The second-order valence-electron chi connectivity index (χ2n) is 2.68. The van der Waals surface area contributed by atoms with Crippen molar-refractivity contribution in [2.24, 2.45) is 5.73 Å². The average Bonchev–Trinajstić information content (AvgIpc) is 1.21. The van der Waals surface area contributed by atoms with Gasteiger partial charge >= 0.3 is 0 Å². The zero-order chi connectivity index (χ0) is 6.78. The minimum atomic E-state index is -0.203. The highest BCUT2D eigenvalue weighted by molar-refractivity contribution is 4.76. The summed E-state index contributed by atoms with van der Waals surface area (Å²) < 4.78 is 5.02. The van der Waals surface area contributed by atoms with Gasteiger partial charge in [0.25, 0.3) is 0 Å². The predicted octanol–water partition coefficient (Wildman–Crippen LogP) is 1.23. The summed E-state index contributed by atoms with van der Waals surface area (Å²) in [4.78, 5) is 0. The Morgan fingerprint density at radius 2 is 1.88 bits per heavy atom. The maximum Gasteiger partial charge on any atom is 0.177 e. The molecule has 0 fully saturated rings. The van der Waals surface area contributed by atoms with Crippen molar-refractivity contribution in [3.05, 3.63) is 12.5 Å². The molecule has 0 unspecified atom stereocenters. The molecule has 0 radical (unpaired) electrons. The number of hydrogen-bond donors (Lipinski definition) is 1. The molecule has 2 heteroatoms. The van der Waals surface area contributed by atoms with E-state index in [1.165, 1.54) is 0 Å². The van der Waals surface area contributed by atoms with Gasteiger partial charge < -0.3 is 10.5 Å². The van der Waals surface area contributed by atoms with Crippen LogP contribution in [0.25, 0.3) is 0 Å². The number of hydrogen-bond acceptors (Lipinski definition) is 2. The first kappa shape index (κ1) is 7.34. The maximum atomic E-state index is 5.16. The van der Waals surface area contributed by atoms with Crippen molar-refractivity contribution < 1.29 is 4.74 Å². The summed E-state index contributed by atoms with van der Waals surface area (Å²) in [5, 5.41) is 0. The smallest absolute Gasteiger partial charge is 0.177 e. The average molecular weight is 115 g/mol. The van der Waals surface area contributed by atoms with Gasteiger partial charge in [-0.3, -0.25) is 0 Å². The molecule has 0 aromatic heterocycles. The van der Waals surface area contributed by atoms with Gasteiger partial charge in [0.15, 0.2) is 5.88 Å². The molecule has 0 saturated heterocycles. The molecule has 0 rings (SSSR count). The molecule has 2 N–H and O–H groups in total. The van der Waals surface area contributed by atoms with Crippen molar-refractivity contribution in [1.29, 1.82) is 0 Å². The summed E-state index contributed by atoms with van der Waals surface area (Å²) in [5.41, 5.74) is 4.96. The Balaban J connectivity index is 3.55. The van der Waals surface area contributed by atoms with Gasteiger partial charge in [-0.1, -0.05) is 0 Å². The van der Waals surface area contributed by atoms with Crippen LogP contribution in [0.5, 0.6) is 0 Å². The lowest BCUT2D eigenvalue weighted by atomic mass is 10.2. The van der Waals surface area contributed by atoms with E-state index in [0.29, 0.717) is 0 Å². The van der Waals surface area contributed by atoms with E-state index >= 15 is 0 Å². The van der Waals surface area contributed by atoms with Crippen LogP contribution in [0.3, 0.4) is 0 Å². The van der Waals surface area contributed by atoms with Crippen molar-refractivity contribution in [2.75, 3.05) is 0 Å². The van der Waals surface area contributed by atoms with Crippen molar-refractivity contribution in [3.8, 4) is 0 Å². The Hall–Kier alpha value is -0.660. The molecule has 0 atom stereocenters. The fraction of sp³-hybridized carbons (Fsp3) is 0.667. The van der Waals surface area contributed by atoms with E-state index in [-0.39, 0.29) is 11.5 Å². The predicted molar refractivity (Wildman–Crippen MR) is 34.2 cm³/mol. The van der Waals surface area contributed by atoms with Gasteiger partial charge in [-0.2, -0.15) is 0 Å². The molecule has 0 aliphatic carbocycles. The number of nitrogens with two attached hydrogens (primary N) is 1. The van der Waals surface area contributed by atoms with Crippen LogP contribution in [0.15, 0.2) is 12.5 Å². The van der Waals surface area contributed by atoms with E-state index in [9.17, 15) is 0 Å². The van der Waals surface area contributed by atoms with Crippen LogP contribution < -0.4 is 5.73 Å². The van der Waals surface area contributed by atoms with Gasteiger partial charge in [0.1, 0.15) is 5.60 Å². The highest BCUT2D eigenvalue weighted by Crippen LogP contribution is 2.07. The normalized spacial score (nSPS) is 10.9. The minimum absolute atomic E-state index is 0.203. The summed E-state index contributed by atoms with van der Waals surface area (Å²) in [6.45, 7) is 9.16. The van der Waals surface area contributed by atoms with Gasteiger partial charge in [-0.25, -0.2) is 0 Å². The quantitative estimate of drug-likeness (QED) is 0.522. The Morgan fingerprint density at radius 1 is 1.50 bits per heavy atom. The SMILES string of the molecule is C=C(N)OC(C)(C)C. The third-order valence-corrected chi connectivity index (χ3v) is 0.437. The molecule has 0 aliphatic rings. The summed E-state index contributed by atoms with van der Waals surface area (Å²) >= 11 is 0. The van der Waals surface area contributed by atoms with E-state index in [1.54, 1.807) is 0 Å². The van der Waals surface area contributed by atoms with Crippen LogP contribution >= 0.6 is 0 Å². The molecule has 0 saturated carbocycles. The highest BCUT2D eigenvalue weighted by Gasteiger charge is 2.09. The maximum absolute atomic E-state index is 5.16. The van der Waals surface area contributed by atoms with Crippen molar-refractivity contribution >= 4 is 0 Å². The first-order valence-corrected chi connectivity index (χ1v) is 2.55. The Kier molecular flexibility index (Phi) is 1.90. The van der Waals surface area contributed by atoms with Crippen LogP contribution in [0.2, 0.25) is 0 Å². The Morgan fingerprint density at radius 3 is 1.88 bits per heavy atom. The standard InChI is InChI=1S/C6H13NO/c1-5(7)8-6(2,3)4/h1,7H2,2-4H3. The van der Waals surface area contributed by atoms with Gasteiger partial charge in [0.2, 0.25) is 0 Å². The fourth-order valence-corrected chi connectivity index (χ4v) is 0.393. The van der Waals surface area contributed by atoms with E-state index in [4.69, 9.17) is 10.5 Å². The van der Waals surface area contributed by atoms with Crippen LogP contribution in [0.1, 0.15) is 20.8 Å². The lowest BCUT2D eigenvalue weighted by molar-refractivity contribution is 0.0515. The van der Waals surface area contributed by atoms with E-state index in [2.05, 4.69) is 6.58 Å². The first-order chi connectivity index (χ1) is 3.42. The molecule has 0 bridgehead atoms. The molecule has 8 heavy (non-hydrogen) atoms. The van der Waals surface area contributed by atoms with E-state index < -0.39 is 0 Å². The zero-order valence-electron chi connectivity index (χ0n) is 5.69. The number of rotatable bonds is 1. The molecular weight excluding hydrogens is 102 g/mol. The third-order valence-electron chi connectivity index (χ3n) is 0.437. The summed E-state index contributed by atoms with van der Waals surface area (Å²) in [7, 11) is 0. The first-order valence-electron chi connectivity index (χ1n) is 2.55. The molecule has 0 amide bonds. The van der Waals surface area contributed by atoms with Crippen molar-refractivity contribution in [1.82, 2.24) is 0 Å². The van der Waals surface area contributed by atoms with Crippen molar-refractivity contribution in [3.63, 3.8) is 0 Å². The van der Waals surface area contributed by atoms with Crippen LogP contribution in [-0.2, 0) is 4.74 Å². The molecule has 0 heterocycles. The van der Waals surface area contributed by atoms with Crippen LogP contribution in [-0.4, -0.2) is 5.60 Å². The minimum Gasteiger partial charge on any atom is -0.474 e. The van der Waals surface area contributed by atoms with Gasteiger partial charge in [0, 0.05) is 0 Å². The van der Waals surface area contributed by atoms with Crippen LogP contribution in [0.4, 0.5) is 0 Å². The highest BCUT2D eigenvalue weighted by atomic mass is 16.5. The van der Waals surface area contributed by atoms with Crippen molar-refractivity contribution in [2.45, 2.75) is 26.4 Å². The molecule has 2 nitrogen and oxygen atoms in total. The zero-order valence-corrected chi connectivity index (χ0v) is 5.69. The van der Waals surface area contributed by atoms with Gasteiger partial charge in [0.05, 0.1) is 0 Å². The summed E-state index contributed by atoms with van der Waals surface area (Å²) in [6, 6.07) is 0. The number of ether oxygens (including phenoxy) is 1. The Bertz CT molecular complexity index is 91.2. The molecule has 0 aliphatic heterocycles. The second-order valence-corrected chi connectivity index (χ2v) is 2.68. The van der Waals surface area contributed by atoms with E-state index in [0.717, 1.165) is 0 Å². The largest absolute Gasteiger partial charge is 0.474 e. The fourth-order valence-electron chi connectivity index (χ4n) is 0.393.